The Morgan fingerprint density at radius 1 is 1.36 bits per heavy atom. The van der Waals surface area contributed by atoms with Gasteiger partial charge in [-0.2, -0.15) is 0 Å². The van der Waals surface area contributed by atoms with Crippen molar-refractivity contribution in [1.82, 2.24) is 0 Å². The molecule has 14 heavy (non-hydrogen) atoms. The number of carbonyl (C=O) groups excluding carboxylic acids is 1. The van der Waals surface area contributed by atoms with E-state index >= 15 is 0 Å². The molecule has 0 amide bonds. The molecule has 0 bridgehead atoms. The highest BCUT2D eigenvalue weighted by Gasteiger charge is 2.10. The second kappa shape index (κ2) is 7.60. The molecule has 0 saturated heterocycles. The SMILES string of the molecule is C=C(CC)C(=O)OC(C)CCCCC. The lowest BCUT2D eigenvalue weighted by molar-refractivity contribution is -0.143. The van der Waals surface area contributed by atoms with Gasteiger partial charge >= 0.3 is 5.97 Å². The summed E-state index contributed by atoms with van der Waals surface area (Å²) in [6, 6.07) is 0. The van der Waals surface area contributed by atoms with E-state index in [2.05, 4.69) is 13.5 Å². The van der Waals surface area contributed by atoms with Crippen LogP contribution in [0.25, 0.3) is 0 Å². The minimum atomic E-state index is -0.239. The van der Waals surface area contributed by atoms with Gasteiger partial charge in [0.25, 0.3) is 0 Å². The van der Waals surface area contributed by atoms with Gasteiger partial charge < -0.3 is 4.74 Å². The van der Waals surface area contributed by atoms with Crippen molar-refractivity contribution in [2.24, 2.45) is 0 Å². The van der Waals surface area contributed by atoms with Crippen molar-refractivity contribution >= 4 is 5.97 Å². The van der Waals surface area contributed by atoms with Crippen molar-refractivity contribution < 1.29 is 9.53 Å². The molecule has 0 saturated carbocycles. The second-order valence-electron chi connectivity index (χ2n) is 3.67. The van der Waals surface area contributed by atoms with Crippen molar-refractivity contribution in [3.63, 3.8) is 0 Å². The van der Waals surface area contributed by atoms with Crippen LogP contribution in [0.5, 0.6) is 0 Å². The quantitative estimate of drug-likeness (QED) is 0.356. The summed E-state index contributed by atoms with van der Waals surface area (Å²) in [6.07, 6.45) is 5.18. The first-order valence-corrected chi connectivity index (χ1v) is 5.50. The second-order valence-corrected chi connectivity index (χ2v) is 3.67. The van der Waals surface area contributed by atoms with E-state index in [9.17, 15) is 4.79 Å². The number of unbranched alkanes of at least 4 members (excludes halogenated alkanes) is 2. The maximum Gasteiger partial charge on any atom is 0.333 e. The minimum Gasteiger partial charge on any atom is -0.459 e. The molecule has 0 radical (unpaired) electrons. The summed E-state index contributed by atoms with van der Waals surface area (Å²) < 4.78 is 5.21. The number of ether oxygens (including phenoxy) is 1. The summed E-state index contributed by atoms with van der Waals surface area (Å²) >= 11 is 0. The zero-order valence-electron chi connectivity index (χ0n) is 9.64. The van der Waals surface area contributed by atoms with Gasteiger partial charge in [0, 0.05) is 5.57 Å². The van der Waals surface area contributed by atoms with Crippen LogP contribution < -0.4 is 0 Å². The predicted molar refractivity (Wildman–Crippen MR) is 59.1 cm³/mol. The van der Waals surface area contributed by atoms with Crippen LogP contribution in [0.2, 0.25) is 0 Å². The Balaban J connectivity index is 3.65. The Labute approximate surface area is 87.3 Å². The van der Waals surface area contributed by atoms with Gasteiger partial charge in [0.15, 0.2) is 0 Å². The van der Waals surface area contributed by atoms with E-state index in [-0.39, 0.29) is 12.1 Å². The topological polar surface area (TPSA) is 26.3 Å². The van der Waals surface area contributed by atoms with Gasteiger partial charge in [0.1, 0.15) is 0 Å². The van der Waals surface area contributed by atoms with Gasteiger partial charge in [0.05, 0.1) is 6.10 Å². The summed E-state index contributed by atoms with van der Waals surface area (Å²) in [7, 11) is 0. The van der Waals surface area contributed by atoms with Crippen LogP contribution in [-0.2, 0) is 9.53 Å². The summed E-state index contributed by atoms with van der Waals surface area (Å²) in [4.78, 5) is 11.3. The Bertz CT molecular complexity index is 185. The van der Waals surface area contributed by atoms with Crippen LogP contribution in [0.1, 0.15) is 52.9 Å². The van der Waals surface area contributed by atoms with E-state index in [1.165, 1.54) is 12.8 Å². The van der Waals surface area contributed by atoms with Crippen molar-refractivity contribution in [2.75, 3.05) is 0 Å². The van der Waals surface area contributed by atoms with E-state index in [1.807, 2.05) is 13.8 Å². The third kappa shape index (κ3) is 5.79. The molecule has 1 unspecified atom stereocenters. The molecule has 2 nitrogen and oxygen atoms in total. The standard InChI is InChI=1S/C12H22O2/c1-5-7-8-9-11(4)14-12(13)10(3)6-2/h11H,3,5-9H2,1-2,4H3. The molecule has 0 aromatic carbocycles. The molecule has 82 valence electrons. The van der Waals surface area contributed by atoms with E-state index in [0.717, 1.165) is 12.8 Å². The Kier molecular flexibility index (Phi) is 7.17. The van der Waals surface area contributed by atoms with Gasteiger partial charge in [-0.15, -0.1) is 0 Å². The number of rotatable bonds is 7. The highest BCUT2D eigenvalue weighted by molar-refractivity contribution is 5.87. The molecule has 0 fully saturated rings. The van der Waals surface area contributed by atoms with Gasteiger partial charge in [-0.3, -0.25) is 0 Å². The highest BCUT2D eigenvalue weighted by atomic mass is 16.5. The Hall–Kier alpha value is -0.790. The molecule has 0 spiro atoms. The van der Waals surface area contributed by atoms with Crippen molar-refractivity contribution in [1.29, 1.82) is 0 Å². The predicted octanol–water partition coefficient (Wildman–Crippen LogP) is 3.46. The van der Waals surface area contributed by atoms with Gasteiger partial charge in [0.2, 0.25) is 0 Å². The van der Waals surface area contributed by atoms with Crippen LogP contribution in [0.3, 0.4) is 0 Å². The molecule has 0 aliphatic heterocycles. The fraction of sp³-hybridized carbons (Fsp3) is 0.750. The molecule has 0 N–H and O–H groups in total. The highest BCUT2D eigenvalue weighted by Crippen LogP contribution is 2.09. The third-order valence-corrected chi connectivity index (χ3v) is 2.24. The summed E-state index contributed by atoms with van der Waals surface area (Å²) in [5.74, 6) is -0.239. The number of hydrogen-bond donors (Lipinski definition) is 0. The zero-order chi connectivity index (χ0) is 11.0. The van der Waals surface area contributed by atoms with Crippen LogP contribution in [-0.4, -0.2) is 12.1 Å². The van der Waals surface area contributed by atoms with E-state index in [4.69, 9.17) is 4.74 Å². The molecule has 0 aromatic heterocycles. The van der Waals surface area contributed by atoms with Gasteiger partial charge in [-0.1, -0.05) is 33.3 Å². The maximum absolute atomic E-state index is 11.3. The Morgan fingerprint density at radius 2 is 2.00 bits per heavy atom. The third-order valence-electron chi connectivity index (χ3n) is 2.24. The smallest absolute Gasteiger partial charge is 0.333 e. The van der Waals surface area contributed by atoms with Crippen molar-refractivity contribution in [2.45, 2.75) is 59.0 Å². The van der Waals surface area contributed by atoms with Gasteiger partial charge in [-0.05, 0) is 26.2 Å². The fourth-order valence-electron chi connectivity index (χ4n) is 1.15. The van der Waals surface area contributed by atoms with E-state index < -0.39 is 0 Å². The average Bonchev–Trinajstić information content (AvgIpc) is 2.16. The normalized spacial score (nSPS) is 12.2. The van der Waals surface area contributed by atoms with E-state index in [1.54, 1.807) is 0 Å². The fourth-order valence-corrected chi connectivity index (χ4v) is 1.15. The lowest BCUT2D eigenvalue weighted by atomic mass is 10.1. The first-order chi connectivity index (χ1) is 6.61. The van der Waals surface area contributed by atoms with Crippen molar-refractivity contribution in [3.05, 3.63) is 12.2 Å². The van der Waals surface area contributed by atoms with Crippen LogP contribution in [0, 0.1) is 0 Å². The molecule has 0 aromatic rings. The number of carbonyl (C=O) groups is 1. The molecule has 0 rings (SSSR count). The average molecular weight is 198 g/mol. The van der Waals surface area contributed by atoms with Crippen LogP contribution in [0.4, 0.5) is 0 Å². The molecule has 0 aliphatic carbocycles. The first kappa shape index (κ1) is 13.2. The maximum atomic E-state index is 11.3. The molecule has 2 heteroatoms. The summed E-state index contributed by atoms with van der Waals surface area (Å²) in [5.41, 5.74) is 0.562. The molecule has 1 atom stereocenters. The monoisotopic (exact) mass is 198 g/mol. The number of esters is 1. The zero-order valence-corrected chi connectivity index (χ0v) is 9.64. The lowest BCUT2D eigenvalue weighted by Crippen LogP contribution is -2.15. The van der Waals surface area contributed by atoms with Crippen LogP contribution in [0.15, 0.2) is 12.2 Å². The minimum absolute atomic E-state index is 0.0253. The van der Waals surface area contributed by atoms with Crippen LogP contribution >= 0.6 is 0 Å². The molecule has 0 aliphatic rings. The largest absolute Gasteiger partial charge is 0.459 e. The summed E-state index contributed by atoms with van der Waals surface area (Å²) in [5, 5.41) is 0. The number of hydrogen-bond acceptors (Lipinski definition) is 2. The molecule has 0 heterocycles. The molecular formula is C12H22O2. The Morgan fingerprint density at radius 3 is 2.50 bits per heavy atom. The summed E-state index contributed by atoms with van der Waals surface area (Å²) in [6.45, 7) is 9.66. The van der Waals surface area contributed by atoms with Gasteiger partial charge in [-0.25, -0.2) is 4.79 Å². The first-order valence-electron chi connectivity index (χ1n) is 5.50. The lowest BCUT2D eigenvalue weighted by Gasteiger charge is -2.13. The van der Waals surface area contributed by atoms with Crippen molar-refractivity contribution in [3.8, 4) is 0 Å². The molecular weight excluding hydrogens is 176 g/mol. The van der Waals surface area contributed by atoms with E-state index in [0.29, 0.717) is 12.0 Å².